The molecule has 2 aromatic carbocycles. The second-order valence-corrected chi connectivity index (χ2v) is 11.2. The van der Waals surface area contributed by atoms with Crippen LogP contribution in [-0.2, 0) is 16.6 Å². The Bertz CT molecular complexity index is 1380. The van der Waals surface area contributed by atoms with Gasteiger partial charge in [-0.15, -0.1) is 0 Å². The molecule has 1 saturated heterocycles. The van der Waals surface area contributed by atoms with Crippen molar-refractivity contribution < 1.29 is 13.3 Å². The molecule has 1 aliphatic heterocycles. The van der Waals surface area contributed by atoms with E-state index in [1.165, 1.54) is 23.8 Å². The molecule has 196 valence electrons. The number of aryl methyl sites for hydroxylation is 3. The molecular weight excluding hydrogens is 492 g/mol. The fourth-order valence-electron chi connectivity index (χ4n) is 4.75. The van der Waals surface area contributed by atoms with Gasteiger partial charge >= 0.3 is 5.69 Å². The van der Waals surface area contributed by atoms with Crippen molar-refractivity contribution in [1.82, 2.24) is 9.88 Å². The van der Waals surface area contributed by atoms with Gasteiger partial charge in [-0.3, -0.25) is 15.0 Å². The number of hydrogen-bond donors (Lipinski definition) is 3. The monoisotopic (exact) mass is 524 g/mol. The van der Waals surface area contributed by atoms with Gasteiger partial charge in [-0.2, -0.15) is 0 Å². The van der Waals surface area contributed by atoms with Crippen LogP contribution in [0.25, 0.3) is 0 Å². The first-order valence-electron chi connectivity index (χ1n) is 12.1. The van der Waals surface area contributed by atoms with E-state index in [1.54, 1.807) is 18.2 Å². The Labute approximate surface area is 217 Å². The Hall–Kier alpha value is -3.54. The van der Waals surface area contributed by atoms with Crippen molar-refractivity contribution in [2.45, 2.75) is 51.1 Å². The zero-order valence-corrected chi connectivity index (χ0v) is 22.0. The molecule has 0 unspecified atom stereocenters. The van der Waals surface area contributed by atoms with Gasteiger partial charge in [-0.25, -0.2) is 18.5 Å². The van der Waals surface area contributed by atoms with E-state index in [0.29, 0.717) is 12.4 Å². The van der Waals surface area contributed by atoms with Crippen LogP contribution in [0.5, 0.6) is 0 Å². The molecule has 0 atom stereocenters. The van der Waals surface area contributed by atoms with Crippen LogP contribution in [0.3, 0.4) is 0 Å². The van der Waals surface area contributed by atoms with E-state index in [0.717, 1.165) is 48.3 Å². The topological polar surface area (TPSA) is 143 Å². The molecule has 1 aliphatic rings. The molecule has 0 aliphatic carbocycles. The predicted molar refractivity (Wildman–Crippen MR) is 145 cm³/mol. The first-order valence-corrected chi connectivity index (χ1v) is 13.6. The van der Waals surface area contributed by atoms with Gasteiger partial charge in [0, 0.05) is 37.4 Å². The fourth-order valence-corrected chi connectivity index (χ4v) is 5.27. The number of nitrogens with two attached hydrogens (primary N) is 1. The Morgan fingerprint density at radius 2 is 1.68 bits per heavy atom. The molecule has 1 aromatic heterocycles. The molecule has 4 rings (SSSR count). The summed E-state index contributed by atoms with van der Waals surface area (Å²) in [4.78, 5) is 18.2. The van der Waals surface area contributed by atoms with Gasteiger partial charge in [0.05, 0.1) is 9.82 Å². The molecule has 0 spiro atoms. The summed E-state index contributed by atoms with van der Waals surface area (Å²) in [6.45, 7) is 8.37. The first kappa shape index (κ1) is 26.5. The van der Waals surface area contributed by atoms with Crippen molar-refractivity contribution in [3.05, 3.63) is 80.9 Å². The zero-order valence-electron chi connectivity index (χ0n) is 21.2. The predicted octanol–water partition coefficient (Wildman–Crippen LogP) is 4.38. The smallest absolute Gasteiger partial charge is 0.311 e. The number of likely N-dealkylation sites (tertiary alicyclic amines) is 1. The number of sulfonamides is 1. The van der Waals surface area contributed by atoms with Crippen LogP contribution in [0.4, 0.5) is 23.0 Å². The molecule has 0 saturated carbocycles. The summed E-state index contributed by atoms with van der Waals surface area (Å²) in [6, 6.07) is 13.9. The van der Waals surface area contributed by atoms with Gasteiger partial charge in [-0.1, -0.05) is 29.8 Å². The van der Waals surface area contributed by atoms with E-state index in [2.05, 4.69) is 32.7 Å². The SMILES string of the molecule is Cc1cc(C)c(Nc2ccc([N+](=O)[O-])c(NC3CCN(Cc4ccc(S(N)(=O)=O)cc4)CC3)n2)c(C)c1. The minimum Gasteiger partial charge on any atom is -0.361 e. The van der Waals surface area contributed by atoms with Crippen molar-refractivity contribution in [3.63, 3.8) is 0 Å². The van der Waals surface area contributed by atoms with Crippen molar-refractivity contribution in [1.29, 1.82) is 0 Å². The largest absolute Gasteiger partial charge is 0.361 e. The minimum atomic E-state index is -3.71. The molecule has 11 heteroatoms. The van der Waals surface area contributed by atoms with E-state index < -0.39 is 14.9 Å². The molecular formula is C26H32N6O4S. The summed E-state index contributed by atoms with van der Waals surface area (Å²) < 4.78 is 22.9. The molecule has 0 bridgehead atoms. The van der Waals surface area contributed by atoms with Crippen LogP contribution in [0, 0.1) is 30.9 Å². The first-order chi connectivity index (χ1) is 17.5. The summed E-state index contributed by atoms with van der Waals surface area (Å²) in [5.74, 6) is 0.804. The third-order valence-corrected chi connectivity index (χ3v) is 7.52. The highest BCUT2D eigenvalue weighted by atomic mass is 32.2. The maximum absolute atomic E-state index is 11.7. The number of pyridine rings is 1. The van der Waals surface area contributed by atoms with E-state index in [1.807, 2.05) is 20.8 Å². The lowest BCUT2D eigenvalue weighted by Crippen LogP contribution is -2.38. The maximum Gasteiger partial charge on any atom is 0.311 e. The van der Waals surface area contributed by atoms with Gasteiger partial charge in [0.2, 0.25) is 15.8 Å². The number of nitro groups is 1. The Morgan fingerprint density at radius 3 is 2.24 bits per heavy atom. The Kier molecular flexibility index (Phi) is 7.76. The van der Waals surface area contributed by atoms with E-state index in [4.69, 9.17) is 5.14 Å². The van der Waals surface area contributed by atoms with Crippen LogP contribution >= 0.6 is 0 Å². The quantitative estimate of drug-likeness (QED) is 0.291. The highest BCUT2D eigenvalue weighted by molar-refractivity contribution is 7.89. The van der Waals surface area contributed by atoms with Crippen molar-refractivity contribution >= 4 is 33.0 Å². The lowest BCUT2D eigenvalue weighted by molar-refractivity contribution is -0.384. The Balaban J connectivity index is 1.41. The van der Waals surface area contributed by atoms with Crippen LogP contribution in [0.2, 0.25) is 0 Å². The summed E-state index contributed by atoms with van der Waals surface area (Å²) in [6.07, 6.45) is 1.59. The number of nitrogens with one attached hydrogen (secondary N) is 2. The van der Waals surface area contributed by atoms with Gasteiger partial charge in [0.15, 0.2) is 0 Å². The van der Waals surface area contributed by atoms with Crippen molar-refractivity contribution in [3.8, 4) is 0 Å². The number of primary sulfonamides is 1. The average Bonchev–Trinajstić information content (AvgIpc) is 2.82. The molecule has 37 heavy (non-hydrogen) atoms. The standard InChI is InChI=1S/C26H32N6O4S/c1-17-14-18(2)25(19(3)15-17)29-24-9-8-23(32(33)34)26(30-24)28-21-10-12-31(13-11-21)16-20-4-6-22(7-5-20)37(27,35)36/h4-9,14-15,21H,10-13,16H2,1-3H3,(H2,27,35,36)(H2,28,29,30). The van der Waals surface area contributed by atoms with E-state index in [-0.39, 0.29) is 22.4 Å². The highest BCUT2D eigenvalue weighted by Gasteiger charge is 2.24. The van der Waals surface area contributed by atoms with Crippen molar-refractivity contribution in [2.75, 3.05) is 23.7 Å². The van der Waals surface area contributed by atoms with Gasteiger partial charge in [0.25, 0.3) is 0 Å². The lowest BCUT2D eigenvalue weighted by Gasteiger charge is -2.32. The maximum atomic E-state index is 11.7. The number of aromatic nitrogens is 1. The number of benzene rings is 2. The average molecular weight is 525 g/mol. The highest BCUT2D eigenvalue weighted by Crippen LogP contribution is 2.30. The molecule has 4 N–H and O–H groups in total. The number of nitrogens with zero attached hydrogens (tertiary/aromatic N) is 3. The molecule has 0 amide bonds. The third-order valence-electron chi connectivity index (χ3n) is 6.59. The zero-order chi connectivity index (χ0) is 26.7. The third kappa shape index (κ3) is 6.62. The summed E-state index contributed by atoms with van der Waals surface area (Å²) in [5.41, 5.74) is 5.23. The molecule has 0 radical (unpaired) electrons. The summed E-state index contributed by atoms with van der Waals surface area (Å²) in [7, 11) is -3.71. The molecule has 3 aromatic rings. The second kappa shape index (κ2) is 10.8. The lowest BCUT2D eigenvalue weighted by atomic mass is 10.0. The molecule has 10 nitrogen and oxygen atoms in total. The Morgan fingerprint density at radius 1 is 1.05 bits per heavy atom. The van der Waals surface area contributed by atoms with Gasteiger partial charge < -0.3 is 10.6 Å². The molecule has 1 fully saturated rings. The van der Waals surface area contributed by atoms with Crippen LogP contribution in [0.15, 0.2) is 53.4 Å². The fraction of sp³-hybridized carbons (Fsp3) is 0.346. The van der Waals surface area contributed by atoms with E-state index in [9.17, 15) is 18.5 Å². The number of rotatable bonds is 8. The van der Waals surface area contributed by atoms with Crippen LogP contribution in [-0.4, -0.2) is 42.4 Å². The number of piperidine rings is 1. The summed E-state index contributed by atoms with van der Waals surface area (Å²) >= 11 is 0. The normalized spacial score (nSPS) is 14.9. The van der Waals surface area contributed by atoms with Crippen LogP contribution < -0.4 is 15.8 Å². The molecule has 2 heterocycles. The minimum absolute atomic E-state index is 0.0466. The summed E-state index contributed by atoms with van der Waals surface area (Å²) in [5, 5.41) is 23.5. The van der Waals surface area contributed by atoms with Crippen LogP contribution in [0.1, 0.15) is 35.1 Å². The van der Waals surface area contributed by atoms with Gasteiger partial charge in [-0.05, 0) is 68.5 Å². The van der Waals surface area contributed by atoms with E-state index >= 15 is 0 Å². The number of hydrogen-bond acceptors (Lipinski definition) is 8. The second-order valence-electron chi connectivity index (χ2n) is 9.60. The number of anilines is 3. The van der Waals surface area contributed by atoms with Gasteiger partial charge in [0.1, 0.15) is 5.82 Å². The van der Waals surface area contributed by atoms with Crippen molar-refractivity contribution in [2.24, 2.45) is 5.14 Å².